The van der Waals surface area contributed by atoms with Crippen molar-refractivity contribution < 1.29 is 28.5 Å². The first-order valence-electron chi connectivity index (χ1n) is 9.37. The molecule has 1 aromatic carbocycles. The van der Waals surface area contributed by atoms with Gasteiger partial charge in [-0.15, -0.1) is 0 Å². The molecule has 10 nitrogen and oxygen atoms in total. The van der Waals surface area contributed by atoms with E-state index in [4.69, 9.17) is 18.9 Å². The molecule has 1 aromatic heterocycles. The third-order valence-corrected chi connectivity index (χ3v) is 5.03. The van der Waals surface area contributed by atoms with Gasteiger partial charge < -0.3 is 18.9 Å². The van der Waals surface area contributed by atoms with Gasteiger partial charge in [-0.05, 0) is 19.1 Å². The number of hydrogen-bond acceptors (Lipinski definition) is 8. The summed E-state index contributed by atoms with van der Waals surface area (Å²) in [4.78, 5) is 50.3. The summed E-state index contributed by atoms with van der Waals surface area (Å²) in [5.41, 5.74) is -0.584. The average Bonchev–Trinajstić information content (AvgIpc) is 3.25. The van der Waals surface area contributed by atoms with Gasteiger partial charge >= 0.3 is 17.6 Å². The van der Waals surface area contributed by atoms with Gasteiger partial charge in [0.25, 0.3) is 5.56 Å². The van der Waals surface area contributed by atoms with E-state index in [1.165, 1.54) is 20.0 Å². The van der Waals surface area contributed by atoms with E-state index in [-0.39, 0.29) is 12.2 Å². The number of benzene rings is 1. The number of esters is 2. The third kappa shape index (κ3) is 3.66. The molecule has 0 saturated carbocycles. The Hall–Kier alpha value is -3.24. The van der Waals surface area contributed by atoms with Crippen molar-refractivity contribution in [2.45, 2.75) is 44.5 Å². The van der Waals surface area contributed by atoms with Crippen LogP contribution in [0.5, 0.6) is 0 Å². The van der Waals surface area contributed by atoms with E-state index in [1.807, 2.05) is 0 Å². The largest absolute Gasteiger partial charge is 0.455 e. The number of nitrogens with one attached hydrogen (secondary N) is 1. The van der Waals surface area contributed by atoms with Crippen LogP contribution in [-0.4, -0.2) is 52.5 Å². The summed E-state index contributed by atoms with van der Waals surface area (Å²) >= 11 is 0. The summed E-state index contributed by atoms with van der Waals surface area (Å²) < 4.78 is 23.8. The van der Waals surface area contributed by atoms with Crippen LogP contribution in [0.4, 0.5) is 0 Å². The van der Waals surface area contributed by atoms with Crippen molar-refractivity contribution >= 4 is 11.9 Å². The maximum absolute atomic E-state index is 12.4. The topological polar surface area (TPSA) is 126 Å². The van der Waals surface area contributed by atoms with Gasteiger partial charge in [-0.25, -0.2) is 9.59 Å². The highest BCUT2D eigenvalue weighted by Crippen LogP contribution is 2.39. The number of H-pyrrole nitrogens is 1. The van der Waals surface area contributed by atoms with Crippen LogP contribution in [0.15, 0.2) is 46.1 Å². The molecule has 0 bridgehead atoms. The van der Waals surface area contributed by atoms with E-state index in [0.29, 0.717) is 5.56 Å². The average molecular weight is 416 g/mol. The van der Waals surface area contributed by atoms with Crippen LogP contribution in [0, 0.1) is 6.92 Å². The van der Waals surface area contributed by atoms with Gasteiger partial charge in [-0.3, -0.25) is 19.1 Å². The van der Waals surface area contributed by atoms with E-state index >= 15 is 0 Å². The second-order valence-electron chi connectivity index (χ2n) is 7.15. The molecule has 2 fully saturated rings. The number of carbonyl (C=O) groups excluding carboxylic acids is 2. The zero-order chi connectivity index (χ0) is 21.4. The number of carbonyl (C=O) groups is 2. The molecule has 158 valence electrons. The normalized spacial score (nSPS) is 27.5. The fourth-order valence-corrected chi connectivity index (χ4v) is 3.65. The van der Waals surface area contributed by atoms with Crippen molar-refractivity contribution in [2.75, 3.05) is 6.61 Å². The Morgan fingerprint density at radius 1 is 1.13 bits per heavy atom. The molecule has 2 aliphatic heterocycles. The van der Waals surface area contributed by atoms with E-state index in [2.05, 4.69) is 4.98 Å². The van der Waals surface area contributed by atoms with Crippen LogP contribution in [0.1, 0.15) is 29.1 Å². The first-order valence-corrected chi connectivity index (χ1v) is 9.37. The lowest BCUT2D eigenvalue weighted by Gasteiger charge is -2.23. The van der Waals surface area contributed by atoms with Crippen LogP contribution < -0.4 is 11.2 Å². The molecule has 0 radical (unpaired) electrons. The van der Waals surface area contributed by atoms with Gasteiger partial charge in [0.05, 0.1) is 12.2 Å². The predicted octanol–water partition coefficient (Wildman–Crippen LogP) is 0.299. The molecule has 0 spiro atoms. The summed E-state index contributed by atoms with van der Waals surface area (Å²) in [7, 11) is 0. The van der Waals surface area contributed by atoms with Crippen molar-refractivity contribution in [3.63, 3.8) is 0 Å². The minimum absolute atomic E-state index is 0.0535. The van der Waals surface area contributed by atoms with Crippen molar-refractivity contribution in [3.8, 4) is 0 Å². The van der Waals surface area contributed by atoms with Crippen molar-refractivity contribution in [3.05, 3.63) is 68.5 Å². The number of nitrogens with zero attached hydrogens (tertiary/aromatic N) is 1. The second kappa shape index (κ2) is 7.88. The monoisotopic (exact) mass is 416 g/mol. The lowest BCUT2D eigenvalue weighted by Crippen LogP contribution is -2.40. The van der Waals surface area contributed by atoms with E-state index < -0.39 is 53.8 Å². The van der Waals surface area contributed by atoms with Crippen LogP contribution >= 0.6 is 0 Å². The molecular formula is C20H20N2O8. The molecule has 0 amide bonds. The van der Waals surface area contributed by atoms with Crippen LogP contribution in [0.3, 0.4) is 0 Å². The maximum atomic E-state index is 12.4. The fraction of sp³-hybridized carbons (Fsp3) is 0.400. The number of aromatic amines is 1. The summed E-state index contributed by atoms with van der Waals surface area (Å²) in [5, 5.41) is 0. The Morgan fingerprint density at radius 2 is 1.87 bits per heavy atom. The molecule has 30 heavy (non-hydrogen) atoms. The summed E-state index contributed by atoms with van der Waals surface area (Å²) in [5.74, 6) is -1.13. The number of hydrogen-bond donors (Lipinski definition) is 1. The standard InChI is InChI=1S/C20H20N2O8/c1-10-8-22(20(26)21-17(10)24)18-16(28-11(2)23)15-14(30-18)13(9-27-15)29-19(25)12-6-4-3-5-7-12/h3-8,13-16,18H,9H2,1-2H3,(H,21,24,26)/t13-,14-,15+,16-,18-/m1/s1. The minimum atomic E-state index is -1.05. The molecule has 10 heteroatoms. The van der Waals surface area contributed by atoms with Crippen LogP contribution in [0.2, 0.25) is 0 Å². The molecule has 5 atom stereocenters. The van der Waals surface area contributed by atoms with Crippen LogP contribution in [-0.2, 0) is 23.7 Å². The molecular weight excluding hydrogens is 396 g/mol. The number of fused-ring (bicyclic) bond motifs is 1. The Morgan fingerprint density at radius 3 is 2.57 bits per heavy atom. The smallest absolute Gasteiger partial charge is 0.338 e. The highest BCUT2D eigenvalue weighted by atomic mass is 16.7. The lowest BCUT2D eigenvalue weighted by molar-refractivity contribution is -0.159. The molecule has 2 aromatic rings. The zero-order valence-electron chi connectivity index (χ0n) is 16.3. The van der Waals surface area contributed by atoms with Gasteiger partial charge in [0.15, 0.2) is 18.4 Å². The summed E-state index contributed by atoms with van der Waals surface area (Å²) in [6.07, 6.45) is -2.95. The van der Waals surface area contributed by atoms with Gasteiger partial charge in [-0.1, -0.05) is 18.2 Å². The highest BCUT2D eigenvalue weighted by molar-refractivity contribution is 5.89. The number of aromatic nitrogens is 2. The van der Waals surface area contributed by atoms with E-state index in [9.17, 15) is 19.2 Å². The molecule has 3 heterocycles. The minimum Gasteiger partial charge on any atom is -0.455 e. The van der Waals surface area contributed by atoms with Gasteiger partial charge in [0.1, 0.15) is 12.2 Å². The second-order valence-corrected chi connectivity index (χ2v) is 7.15. The molecule has 4 rings (SSSR count). The van der Waals surface area contributed by atoms with E-state index in [0.717, 1.165) is 4.57 Å². The summed E-state index contributed by atoms with van der Waals surface area (Å²) in [6, 6.07) is 8.46. The molecule has 0 aliphatic carbocycles. The predicted molar refractivity (Wildman–Crippen MR) is 101 cm³/mol. The maximum Gasteiger partial charge on any atom is 0.338 e. The van der Waals surface area contributed by atoms with Crippen LogP contribution in [0.25, 0.3) is 0 Å². The Balaban J connectivity index is 1.61. The number of rotatable bonds is 4. The molecule has 2 saturated heterocycles. The highest BCUT2D eigenvalue weighted by Gasteiger charge is 2.56. The molecule has 0 unspecified atom stereocenters. The third-order valence-electron chi connectivity index (χ3n) is 5.03. The quantitative estimate of drug-likeness (QED) is 0.706. The number of ether oxygens (including phenoxy) is 4. The van der Waals surface area contributed by atoms with Crippen molar-refractivity contribution in [1.29, 1.82) is 0 Å². The van der Waals surface area contributed by atoms with Crippen molar-refractivity contribution in [2.24, 2.45) is 0 Å². The van der Waals surface area contributed by atoms with Gasteiger partial charge in [0.2, 0.25) is 0 Å². The Labute approximate surface area is 170 Å². The summed E-state index contributed by atoms with van der Waals surface area (Å²) in [6.45, 7) is 2.82. The first-order chi connectivity index (χ1) is 14.3. The lowest BCUT2D eigenvalue weighted by atomic mass is 10.1. The molecule has 1 N–H and O–H groups in total. The zero-order valence-corrected chi connectivity index (χ0v) is 16.3. The fourth-order valence-electron chi connectivity index (χ4n) is 3.65. The molecule has 2 aliphatic rings. The number of aryl methyl sites for hydroxylation is 1. The first kappa shape index (κ1) is 20.0. The Bertz CT molecular complexity index is 1080. The Kier molecular flexibility index (Phi) is 5.27. The van der Waals surface area contributed by atoms with E-state index in [1.54, 1.807) is 30.3 Å². The van der Waals surface area contributed by atoms with Gasteiger partial charge in [0, 0.05) is 18.7 Å². The SMILES string of the molecule is CC(=O)O[C@@H]1[C@H]2OC[C@@H](OC(=O)c3ccccc3)[C@H]2O[C@H]1n1cc(C)c(=O)[nH]c1=O. The van der Waals surface area contributed by atoms with Crippen molar-refractivity contribution in [1.82, 2.24) is 9.55 Å². The van der Waals surface area contributed by atoms with Gasteiger partial charge in [-0.2, -0.15) is 0 Å².